The molecule has 7 heteroatoms. The summed E-state index contributed by atoms with van der Waals surface area (Å²) < 4.78 is 0. The summed E-state index contributed by atoms with van der Waals surface area (Å²) in [7, 11) is 0. The Bertz CT molecular complexity index is 820. The van der Waals surface area contributed by atoms with Crippen molar-refractivity contribution in [3.8, 4) is 0 Å². The predicted molar refractivity (Wildman–Crippen MR) is 109 cm³/mol. The molecule has 2 aromatic rings. The van der Waals surface area contributed by atoms with Gasteiger partial charge in [0.25, 0.3) is 5.91 Å². The highest BCUT2D eigenvalue weighted by molar-refractivity contribution is 5.94. The molecule has 1 fully saturated rings. The fourth-order valence-corrected chi connectivity index (χ4v) is 3.42. The van der Waals surface area contributed by atoms with Crippen molar-refractivity contribution in [2.24, 2.45) is 0 Å². The van der Waals surface area contributed by atoms with Crippen molar-refractivity contribution in [2.75, 3.05) is 31.5 Å². The number of aryl methyl sites for hydroxylation is 2. The quantitative estimate of drug-likeness (QED) is 0.861. The van der Waals surface area contributed by atoms with Crippen molar-refractivity contribution < 1.29 is 9.59 Å². The van der Waals surface area contributed by atoms with E-state index in [2.05, 4.69) is 47.3 Å². The SMILES string of the molecule is CCc1cccc(CC)c1Nc1ncc(C(=O)N2CCN(C(C)=O)CC2)cn1. The topological polar surface area (TPSA) is 78.4 Å². The predicted octanol–water partition coefficient (Wildman–Crippen LogP) is 2.65. The van der Waals surface area contributed by atoms with Crippen LogP contribution >= 0.6 is 0 Å². The molecule has 2 amide bonds. The van der Waals surface area contributed by atoms with E-state index in [1.54, 1.807) is 29.1 Å². The monoisotopic (exact) mass is 381 g/mol. The number of carbonyl (C=O) groups is 2. The highest BCUT2D eigenvalue weighted by Crippen LogP contribution is 2.25. The van der Waals surface area contributed by atoms with E-state index in [0.29, 0.717) is 37.7 Å². The van der Waals surface area contributed by atoms with Gasteiger partial charge in [-0.2, -0.15) is 0 Å². The van der Waals surface area contributed by atoms with E-state index in [1.807, 2.05) is 0 Å². The highest BCUT2D eigenvalue weighted by Gasteiger charge is 2.23. The van der Waals surface area contributed by atoms with E-state index in [9.17, 15) is 9.59 Å². The molecule has 0 bridgehead atoms. The maximum absolute atomic E-state index is 12.7. The molecule has 0 radical (unpaired) electrons. The second-order valence-corrected chi connectivity index (χ2v) is 6.88. The van der Waals surface area contributed by atoms with Crippen LogP contribution in [0.5, 0.6) is 0 Å². The minimum absolute atomic E-state index is 0.0460. The van der Waals surface area contributed by atoms with E-state index in [-0.39, 0.29) is 11.8 Å². The van der Waals surface area contributed by atoms with E-state index in [4.69, 9.17) is 0 Å². The Morgan fingerprint density at radius 1 is 0.964 bits per heavy atom. The van der Waals surface area contributed by atoms with E-state index < -0.39 is 0 Å². The number of hydrogen-bond donors (Lipinski definition) is 1. The molecule has 28 heavy (non-hydrogen) atoms. The van der Waals surface area contributed by atoms with Crippen LogP contribution in [0.2, 0.25) is 0 Å². The summed E-state index contributed by atoms with van der Waals surface area (Å²) in [6.45, 7) is 7.98. The number of amides is 2. The normalized spacial score (nSPS) is 14.1. The van der Waals surface area contributed by atoms with Gasteiger partial charge in [-0.3, -0.25) is 9.59 Å². The summed E-state index contributed by atoms with van der Waals surface area (Å²) in [6.07, 6.45) is 4.96. The summed E-state index contributed by atoms with van der Waals surface area (Å²) in [5, 5.41) is 3.32. The zero-order valence-electron chi connectivity index (χ0n) is 16.7. The lowest BCUT2D eigenvalue weighted by atomic mass is 10.0. The van der Waals surface area contributed by atoms with Crippen LogP contribution in [0.4, 0.5) is 11.6 Å². The Hall–Kier alpha value is -2.96. The summed E-state index contributed by atoms with van der Waals surface area (Å²) >= 11 is 0. The average Bonchev–Trinajstić information content (AvgIpc) is 2.74. The second-order valence-electron chi connectivity index (χ2n) is 6.88. The van der Waals surface area contributed by atoms with Gasteiger partial charge in [-0.25, -0.2) is 9.97 Å². The average molecular weight is 381 g/mol. The van der Waals surface area contributed by atoms with E-state index >= 15 is 0 Å². The first-order chi connectivity index (χ1) is 13.5. The molecule has 1 aromatic heterocycles. The smallest absolute Gasteiger partial charge is 0.257 e. The van der Waals surface area contributed by atoms with Crippen LogP contribution in [0.3, 0.4) is 0 Å². The molecule has 0 unspecified atom stereocenters. The van der Waals surface area contributed by atoms with Gasteiger partial charge >= 0.3 is 0 Å². The van der Waals surface area contributed by atoms with Gasteiger partial charge in [0.1, 0.15) is 0 Å². The fourth-order valence-electron chi connectivity index (χ4n) is 3.42. The van der Waals surface area contributed by atoms with Crippen LogP contribution in [0.15, 0.2) is 30.6 Å². The molecule has 1 N–H and O–H groups in total. The van der Waals surface area contributed by atoms with E-state index in [0.717, 1.165) is 18.5 Å². The minimum Gasteiger partial charge on any atom is -0.339 e. The van der Waals surface area contributed by atoms with E-state index in [1.165, 1.54) is 11.1 Å². The number of benzene rings is 1. The maximum Gasteiger partial charge on any atom is 0.257 e. The van der Waals surface area contributed by atoms with Gasteiger partial charge in [0.15, 0.2) is 0 Å². The molecular formula is C21H27N5O2. The number of aromatic nitrogens is 2. The largest absolute Gasteiger partial charge is 0.339 e. The maximum atomic E-state index is 12.7. The van der Waals surface area contributed by atoms with Crippen molar-refractivity contribution in [3.63, 3.8) is 0 Å². The van der Waals surface area contributed by atoms with Gasteiger partial charge in [-0.15, -0.1) is 0 Å². The lowest BCUT2D eigenvalue weighted by Gasteiger charge is -2.34. The molecule has 1 aromatic carbocycles. The molecule has 7 nitrogen and oxygen atoms in total. The molecule has 0 saturated carbocycles. The summed E-state index contributed by atoms with van der Waals surface area (Å²) in [4.78, 5) is 36.3. The standard InChI is InChI=1S/C21H27N5O2/c1-4-16-7-6-8-17(5-2)19(16)24-21-22-13-18(14-23-21)20(28)26-11-9-25(10-12-26)15(3)27/h6-8,13-14H,4-5,9-12H2,1-3H3,(H,22,23,24). The first-order valence-electron chi connectivity index (χ1n) is 9.78. The van der Waals surface area contributed by atoms with Crippen molar-refractivity contribution in [3.05, 3.63) is 47.3 Å². The molecule has 1 aliphatic rings. The first-order valence-corrected chi connectivity index (χ1v) is 9.78. The zero-order valence-corrected chi connectivity index (χ0v) is 16.7. The van der Waals surface area contributed by atoms with Crippen LogP contribution < -0.4 is 5.32 Å². The molecule has 3 rings (SSSR count). The number of piperazine rings is 1. The lowest BCUT2D eigenvalue weighted by molar-refractivity contribution is -0.130. The second kappa shape index (κ2) is 8.82. The Kier molecular flexibility index (Phi) is 6.23. The van der Waals surface area contributed by atoms with Crippen LogP contribution in [0.1, 0.15) is 42.3 Å². The van der Waals surface area contributed by atoms with Crippen LogP contribution in [0, 0.1) is 0 Å². The molecular weight excluding hydrogens is 354 g/mol. The van der Waals surface area contributed by atoms with Crippen molar-refractivity contribution >= 4 is 23.5 Å². The molecule has 1 aliphatic heterocycles. The Morgan fingerprint density at radius 3 is 2.00 bits per heavy atom. The van der Waals surface area contributed by atoms with Crippen molar-refractivity contribution in [1.29, 1.82) is 0 Å². The number of hydrogen-bond acceptors (Lipinski definition) is 5. The number of rotatable bonds is 5. The Balaban J connectivity index is 1.69. The fraction of sp³-hybridized carbons (Fsp3) is 0.429. The number of para-hydroxylation sites is 1. The number of carbonyl (C=O) groups excluding carboxylic acids is 2. The molecule has 1 saturated heterocycles. The van der Waals surface area contributed by atoms with Crippen molar-refractivity contribution in [1.82, 2.24) is 19.8 Å². The third kappa shape index (κ3) is 4.30. The van der Waals surface area contributed by atoms with Gasteiger partial charge in [0, 0.05) is 51.2 Å². The van der Waals surface area contributed by atoms with Gasteiger partial charge in [-0.1, -0.05) is 32.0 Å². The number of anilines is 2. The van der Waals surface area contributed by atoms with Crippen LogP contribution in [0.25, 0.3) is 0 Å². The summed E-state index contributed by atoms with van der Waals surface area (Å²) in [5.41, 5.74) is 3.94. The summed E-state index contributed by atoms with van der Waals surface area (Å²) in [5.74, 6) is 0.427. The molecule has 0 aliphatic carbocycles. The third-order valence-electron chi connectivity index (χ3n) is 5.15. The highest BCUT2D eigenvalue weighted by atomic mass is 16.2. The van der Waals surface area contributed by atoms with Gasteiger partial charge in [0.05, 0.1) is 5.56 Å². The van der Waals surface area contributed by atoms with Crippen LogP contribution in [-0.4, -0.2) is 57.8 Å². The number of nitrogens with zero attached hydrogens (tertiary/aromatic N) is 4. The Labute approximate surface area is 165 Å². The Morgan fingerprint density at radius 2 is 1.50 bits per heavy atom. The van der Waals surface area contributed by atoms with Crippen molar-refractivity contribution in [2.45, 2.75) is 33.6 Å². The van der Waals surface area contributed by atoms with Gasteiger partial charge < -0.3 is 15.1 Å². The third-order valence-corrected chi connectivity index (χ3v) is 5.15. The lowest BCUT2D eigenvalue weighted by Crippen LogP contribution is -2.50. The minimum atomic E-state index is -0.0991. The molecule has 0 atom stereocenters. The van der Waals surface area contributed by atoms with Gasteiger partial charge in [-0.05, 0) is 24.0 Å². The van der Waals surface area contributed by atoms with Gasteiger partial charge in [0.2, 0.25) is 11.9 Å². The molecule has 148 valence electrons. The van der Waals surface area contributed by atoms with Crippen LogP contribution in [-0.2, 0) is 17.6 Å². The molecule has 2 heterocycles. The first kappa shape index (κ1) is 19.8. The number of nitrogens with one attached hydrogen (secondary N) is 1. The molecule has 0 spiro atoms. The summed E-state index contributed by atoms with van der Waals surface area (Å²) in [6, 6.07) is 6.26. The zero-order chi connectivity index (χ0) is 20.1.